The second-order valence-corrected chi connectivity index (χ2v) is 5.36. The van der Waals surface area contributed by atoms with Crippen molar-refractivity contribution in [2.45, 2.75) is 27.2 Å². The number of aryl methyl sites for hydroxylation is 1. The van der Waals surface area contributed by atoms with Gasteiger partial charge in [-0.2, -0.15) is 0 Å². The third kappa shape index (κ3) is 3.07. The van der Waals surface area contributed by atoms with E-state index >= 15 is 0 Å². The molecule has 2 aromatic rings. The molecule has 4 nitrogen and oxygen atoms in total. The van der Waals surface area contributed by atoms with E-state index in [1.807, 2.05) is 45.0 Å². The van der Waals surface area contributed by atoms with E-state index < -0.39 is 0 Å². The van der Waals surface area contributed by atoms with Crippen LogP contribution in [0.1, 0.15) is 25.0 Å². The maximum Gasteiger partial charge on any atom is 0.251 e. The second-order valence-electron chi connectivity index (χ2n) is 5.36. The zero-order valence-corrected chi connectivity index (χ0v) is 12.1. The lowest BCUT2D eigenvalue weighted by Crippen LogP contribution is -2.30. The number of aromatic nitrogens is 1. The number of nitrogens with one attached hydrogen (secondary N) is 2. The molecule has 106 valence electrons. The summed E-state index contributed by atoms with van der Waals surface area (Å²) in [4.78, 5) is 26.4. The molecule has 0 saturated carbocycles. The number of benzene rings is 1. The van der Waals surface area contributed by atoms with Crippen LogP contribution >= 0.6 is 0 Å². The Hall–Kier alpha value is -2.10. The number of rotatable bonds is 4. The van der Waals surface area contributed by atoms with Crippen molar-refractivity contribution in [1.29, 1.82) is 0 Å². The van der Waals surface area contributed by atoms with E-state index in [0.717, 1.165) is 16.5 Å². The van der Waals surface area contributed by atoms with Crippen LogP contribution in [0.25, 0.3) is 10.9 Å². The van der Waals surface area contributed by atoms with Gasteiger partial charge in [0.1, 0.15) is 0 Å². The Morgan fingerprint density at radius 1 is 1.35 bits per heavy atom. The average molecular weight is 272 g/mol. The molecule has 0 unspecified atom stereocenters. The van der Waals surface area contributed by atoms with Gasteiger partial charge in [-0.3, -0.25) is 9.59 Å². The summed E-state index contributed by atoms with van der Waals surface area (Å²) in [6.45, 7) is 6.15. The summed E-state index contributed by atoms with van der Waals surface area (Å²) >= 11 is 0. The van der Waals surface area contributed by atoms with Crippen LogP contribution in [0.5, 0.6) is 0 Å². The van der Waals surface area contributed by atoms with Gasteiger partial charge in [0.05, 0.1) is 5.52 Å². The number of carbonyl (C=O) groups is 1. The predicted octanol–water partition coefficient (Wildman–Crippen LogP) is 2.15. The second kappa shape index (κ2) is 5.90. The number of fused-ring (bicyclic) bond motifs is 1. The quantitative estimate of drug-likeness (QED) is 0.896. The van der Waals surface area contributed by atoms with E-state index in [0.29, 0.717) is 18.5 Å². The first kappa shape index (κ1) is 14.3. The van der Waals surface area contributed by atoms with Gasteiger partial charge in [0, 0.05) is 18.0 Å². The minimum atomic E-state index is -0.0782. The minimum Gasteiger partial charge on any atom is -0.356 e. The largest absolute Gasteiger partial charge is 0.356 e. The molecule has 1 aromatic heterocycles. The van der Waals surface area contributed by atoms with E-state index in [1.165, 1.54) is 0 Å². The SMILES string of the molecule is Cc1cccc2cc(CCNC(=O)C(C)C)c(=O)[nH]c12. The van der Waals surface area contributed by atoms with Crippen molar-refractivity contribution in [3.05, 3.63) is 45.7 Å². The number of hydrogen-bond donors (Lipinski definition) is 2. The molecule has 0 atom stereocenters. The standard InChI is InChI=1S/C16H20N2O2/c1-10(2)15(19)17-8-7-13-9-12-6-4-5-11(3)14(12)18-16(13)20/h4-6,9-10H,7-8H2,1-3H3,(H,17,19)(H,18,20). The molecule has 0 aliphatic heterocycles. The van der Waals surface area contributed by atoms with Gasteiger partial charge in [0.2, 0.25) is 5.91 Å². The van der Waals surface area contributed by atoms with Crippen molar-refractivity contribution < 1.29 is 4.79 Å². The van der Waals surface area contributed by atoms with Gasteiger partial charge in [-0.1, -0.05) is 32.0 Å². The maximum atomic E-state index is 12.0. The highest BCUT2D eigenvalue weighted by atomic mass is 16.1. The molecule has 0 fully saturated rings. The van der Waals surface area contributed by atoms with Crippen LogP contribution < -0.4 is 10.9 Å². The Labute approximate surface area is 118 Å². The number of para-hydroxylation sites is 1. The first-order valence-corrected chi connectivity index (χ1v) is 6.88. The first-order valence-electron chi connectivity index (χ1n) is 6.88. The van der Waals surface area contributed by atoms with Crippen LogP contribution in [-0.4, -0.2) is 17.4 Å². The van der Waals surface area contributed by atoms with Crippen LogP contribution in [0, 0.1) is 12.8 Å². The number of aromatic amines is 1. The van der Waals surface area contributed by atoms with E-state index in [2.05, 4.69) is 10.3 Å². The lowest BCUT2D eigenvalue weighted by atomic mass is 10.1. The molecule has 0 aliphatic rings. The van der Waals surface area contributed by atoms with Crippen LogP contribution in [-0.2, 0) is 11.2 Å². The highest BCUT2D eigenvalue weighted by molar-refractivity contribution is 5.82. The van der Waals surface area contributed by atoms with Gasteiger partial charge < -0.3 is 10.3 Å². The Morgan fingerprint density at radius 2 is 2.10 bits per heavy atom. The normalized spacial score (nSPS) is 11.0. The Kier molecular flexibility index (Phi) is 4.23. The molecule has 20 heavy (non-hydrogen) atoms. The molecule has 1 aromatic carbocycles. The zero-order valence-electron chi connectivity index (χ0n) is 12.1. The van der Waals surface area contributed by atoms with Crippen LogP contribution in [0.2, 0.25) is 0 Å². The van der Waals surface area contributed by atoms with Crippen molar-refractivity contribution in [3.8, 4) is 0 Å². The third-order valence-electron chi connectivity index (χ3n) is 3.38. The molecular formula is C16H20N2O2. The molecule has 0 spiro atoms. The summed E-state index contributed by atoms with van der Waals surface area (Å²) in [5, 5.41) is 3.85. The van der Waals surface area contributed by atoms with Gasteiger partial charge in [-0.15, -0.1) is 0 Å². The molecule has 2 N–H and O–H groups in total. The van der Waals surface area contributed by atoms with Crippen molar-refractivity contribution >= 4 is 16.8 Å². The monoisotopic (exact) mass is 272 g/mol. The molecule has 4 heteroatoms. The predicted molar refractivity (Wildman–Crippen MR) is 80.9 cm³/mol. The highest BCUT2D eigenvalue weighted by Crippen LogP contribution is 2.14. The summed E-state index contributed by atoms with van der Waals surface area (Å²) in [7, 11) is 0. The van der Waals surface area contributed by atoms with Gasteiger partial charge in [0.25, 0.3) is 5.56 Å². The van der Waals surface area contributed by atoms with E-state index in [1.54, 1.807) is 0 Å². The summed E-state index contributed by atoms with van der Waals surface area (Å²) in [5.41, 5.74) is 2.56. The fourth-order valence-corrected chi connectivity index (χ4v) is 2.14. The Bertz CT molecular complexity index is 686. The minimum absolute atomic E-state index is 0.0121. The number of amides is 1. The lowest BCUT2D eigenvalue weighted by Gasteiger charge is -2.08. The number of H-pyrrole nitrogens is 1. The molecule has 1 heterocycles. The van der Waals surface area contributed by atoms with Crippen molar-refractivity contribution in [3.63, 3.8) is 0 Å². The summed E-state index contributed by atoms with van der Waals surface area (Å²) in [6, 6.07) is 7.83. The van der Waals surface area contributed by atoms with Gasteiger partial charge in [-0.05, 0) is 30.4 Å². The first-order chi connectivity index (χ1) is 9.49. The summed E-state index contributed by atoms with van der Waals surface area (Å²) in [5.74, 6) is -0.0226. The summed E-state index contributed by atoms with van der Waals surface area (Å²) < 4.78 is 0. The molecule has 0 bridgehead atoms. The molecule has 0 aliphatic carbocycles. The molecule has 0 saturated heterocycles. The van der Waals surface area contributed by atoms with Crippen molar-refractivity contribution in [2.24, 2.45) is 5.92 Å². The zero-order chi connectivity index (χ0) is 14.7. The average Bonchev–Trinajstić information content (AvgIpc) is 2.40. The molecule has 0 radical (unpaired) electrons. The Balaban J connectivity index is 2.17. The fraction of sp³-hybridized carbons (Fsp3) is 0.375. The van der Waals surface area contributed by atoms with Gasteiger partial charge in [-0.25, -0.2) is 0 Å². The molecule has 1 amide bonds. The molecule has 2 rings (SSSR count). The van der Waals surface area contributed by atoms with E-state index in [-0.39, 0.29) is 17.4 Å². The smallest absolute Gasteiger partial charge is 0.251 e. The van der Waals surface area contributed by atoms with Gasteiger partial charge >= 0.3 is 0 Å². The van der Waals surface area contributed by atoms with Crippen LogP contribution in [0.15, 0.2) is 29.1 Å². The number of carbonyl (C=O) groups excluding carboxylic acids is 1. The molecular weight excluding hydrogens is 252 g/mol. The maximum absolute atomic E-state index is 12.0. The fourth-order valence-electron chi connectivity index (χ4n) is 2.14. The topological polar surface area (TPSA) is 62.0 Å². The van der Waals surface area contributed by atoms with Crippen LogP contribution in [0.4, 0.5) is 0 Å². The summed E-state index contributed by atoms with van der Waals surface area (Å²) in [6.07, 6.45) is 0.539. The van der Waals surface area contributed by atoms with Crippen LogP contribution in [0.3, 0.4) is 0 Å². The van der Waals surface area contributed by atoms with Gasteiger partial charge in [0.15, 0.2) is 0 Å². The Morgan fingerprint density at radius 3 is 2.80 bits per heavy atom. The number of hydrogen-bond acceptors (Lipinski definition) is 2. The lowest BCUT2D eigenvalue weighted by molar-refractivity contribution is -0.123. The van der Waals surface area contributed by atoms with Crippen molar-refractivity contribution in [2.75, 3.05) is 6.54 Å². The van der Waals surface area contributed by atoms with E-state index in [9.17, 15) is 9.59 Å². The van der Waals surface area contributed by atoms with E-state index in [4.69, 9.17) is 0 Å². The number of pyridine rings is 1. The van der Waals surface area contributed by atoms with Crippen molar-refractivity contribution in [1.82, 2.24) is 10.3 Å². The highest BCUT2D eigenvalue weighted by Gasteiger charge is 2.07. The third-order valence-corrected chi connectivity index (χ3v) is 3.38.